The molecule has 0 saturated carbocycles. The summed E-state index contributed by atoms with van der Waals surface area (Å²) in [6.45, 7) is 2.05. The van der Waals surface area contributed by atoms with E-state index in [-0.39, 0.29) is 5.91 Å². The third-order valence-electron chi connectivity index (χ3n) is 3.07. The monoisotopic (exact) mass is 294 g/mol. The lowest BCUT2D eigenvalue weighted by atomic mass is 10.2. The number of nitriles is 1. The summed E-state index contributed by atoms with van der Waals surface area (Å²) in [6, 6.07) is 12.9. The van der Waals surface area contributed by atoms with Crippen LogP contribution in [-0.4, -0.2) is 10.9 Å². The molecule has 0 aliphatic rings. The lowest BCUT2D eigenvalue weighted by Crippen LogP contribution is -2.12. The van der Waals surface area contributed by atoms with E-state index in [1.54, 1.807) is 24.4 Å². The van der Waals surface area contributed by atoms with Crippen molar-refractivity contribution in [1.29, 1.82) is 5.26 Å². The summed E-state index contributed by atoms with van der Waals surface area (Å²) in [7, 11) is 0. The summed E-state index contributed by atoms with van der Waals surface area (Å²) in [4.78, 5) is 15.8. The number of hydrogen-bond acceptors (Lipinski definition) is 4. The van der Waals surface area contributed by atoms with Crippen molar-refractivity contribution in [3.8, 4) is 6.07 Å². The Labute approximate surface area is 130 Å². The molecular formula is C17H18N4O. The average molecular weight is 294 g/mol. The largest absolute Gasteiger partial charge is 0.354 e. The molecule has 0 radical (unpaired) electrons. The van der Waals surface area contributed by atoms with Crippen molar-refractivity contribution in [3.63, 3.8) is 0 Å². The first kappa shape index (κ1) is 15.5. The number of amides is 1. The van der Waals surface area contributed by atoms with Crippen LogP contribution in [0.15, 0.2) is 42.6 Å². The third-order valence-corrected chi connectivity index (χ3v) is 3.07. The van der Waals surface area contributed by atoms with Crippen LogP contribution >= 0.6 is 0 Å². The summed E-state index contributed by atoms with van der Waals surface area (Å²) in [6.07, 6.45) is 4.03. The van der Waals surface area contributed by atoms with Gasteiger partial charge in [0.05, 0.1) is 23.5 Å². The van der Waals surface area contributed by atoms with Gasteiger partial charge in [-0.15, -0.1) is 0 Å². The minimum absolute atomic E-state index is 0.0169. The van der Waals surface area contributed by atoms with Crippen molar-refractivity contribution in [2.24, 2.45) is 0 Å². The number of unbranched alkanes of at least 4 members (excludes halogenated alkanes) is 1. The van der Waals surface area contributed by atoms with Crippen molar-refractivity contribution >= 4 is 23.1 Å². The zero-order valence-corrected chi connectivity index (χ0v) is 12.5. The quantitative estimate of drug-likeness (QED) is 0.848. The number of anilines is 3. The Hall–Kier alpha value is -2.87. The molecular weight excluding hydrogens is 276 g/mol. The highest BCUT2D eigenvalue weighted by atomic mass is 16.1. The van der Waals surface area contributed by atoms with Gasteiger partial charge in [-0.3, -0.25) is 4.79 Å². The van der Waals surface area contributed by atoms with E-state index in [9.17, 15) is 4.79 Å². The molecule has 1 heterocycles. The van der Waals surface area contributed by atoms with Gasteiger partial charge in [-0.1, -0.05) is 19.4 Å². The Balaban J connectivity index is 1.97. The van der Waals surface area contributed by atoms with E-state index in [1.807, 2.05) is 25.1 Å². The molecule has 0 atom stereocenters. The zero-order chi connectivity index (χ0) is 15.8. The maximum absolute atomic E-state index is 11.6. The second kappa shape index (κ2) is 7.79. The topological polar surface area (TPSA) is 77.8 Å². The molecule has 2 rings (SSSR count). The second-order valence-corrected chi connectivity index (χ2v) is 4.90. The molecule has 0 unspecified atom stereocenters. The Morgan fingerprint density at radius 2 is 2.14 bits per heavy atom. The van der Waals surface area contributed by atoms with Crippen molar-refractivity contribution in [1.82, 2.24) is 4.98 Å². The van der Waals surface area contributed by atoms with Crippen LogP contribution in [0.5, 0.6) is 0 Å². The van der Waals surface area contributed by atoms with E-state index in [4.69, 9.17) is 5.26 Å². The smallest absolute Gasteiger partial charge is 0.225 e. The highest BCUT2D eigenvalue weighted by molar-refractivity contribution is 5.89. The van der Waals surface area contributed by atoms with Crippen LogP contribution in [0, 0.1) is 11.3 Å². The summed E-state index contributed by atoms with van der Waals surface area (Å²) in [5, 5.41) is 14.8. The van der Waals surface area contributed by atoms with Crippen LogP contribution in [0.2, 0.25) is 0 Å². The van der Waals surface area contributed by atoms with Crippen molar-refractivity contribution < 1.29 is 4.79 Å². The molecule has 0 aliphatic heterocycles. The van der Waals surface area contributed by atoms with E-state index < -0.39 is 0 Å². The molecule has 5 nitrogen and oxygen atoms in total. The second-order valence-electron chi connectivity index (χ2n) is 4.90. The van der Waals surface area contributed by atoms with Gasteiger partial charge in [-0.25, -0.2) is 4.98 Å². The minimum atomic E-state index is -0.0169. The maximum atomic E-state index is 11.6. The molecule has 0 fully saturated rings. The molecule has 1 amide bonds. The molecule has 0 spiro atoms. The summed E-state index contributed by atoms with van der Waals surface area (Å²) in [5.41, 5.74) is 2.21. The van der Waals surface area contributed by atoms with Gasteiger partial charge in [0.2, 0.25) is 5.91 Å². The fourth-order valence-corrected chi connectivity index (χ4v) is 1.92. The van der Waals surface area contributed by atoms with Crippen LogP contribution < -0.4 is 10.6 Å². The minimum Gasteiger partial charge on any atom is -0.354 e. The summed E-state index contributed by atoms with van der Waals surface area (Å²) >= 11 is 0. The predicted octanol–water partition coefficient (Wildman–Crippen LogP) is 3.83. The summed E-state index contributed by atoms with van der Waals surface area (Å²) < 4.78 is 0. The van der Waals surface area contributed by atoms with Crippen LogP contribution in [0.25, 0.3) is 0 Å². The van der Waals surface area contributed by atoms with Crippen LogP contribution in [-0.2, 0) is 4.79 Å². The molecule has 0 aliphatic carbocycles. The Kier molecular flexibility index (Phi) is 5.50. The molecule has 0 saturated heterocycles. The number of aromatic nitrogens is 1. The van der Waals surface area contributed by atoms with E-state index in [0.29, 0.717) is 17.8 Å². The number of hydrogen-bond donors (Lipinski definition) is 2. The van der Waals surface area contributed by atoms with Crippen molar-refractivity contribution in [2.45, 2.75) is 26.2 Å². The van der Waals surface area contributed by atoms with Gasteiger partial charge in [0.1, 0.15) is 5.82 Å². The first-order valence-electron chi connectivity index (χ1n) is 7.24. The third kappa shape index (κ3) is 4.60. The first-order valence-corrected chi connectivity index (χ1v) is 7.24. The molecule has 1 aromatic carbocycles. The van der Waals surface area contributed by atoms with Crippen LogP contribution in [0.4, 0.5) is 17.2 Å². The molecule has 112 valence electrons. The van der Waals surface area contributed by atoms with Gasteiger partial charge in [-0.05, 0) is 36.8 Å². The van der Waals surface area contributed by atoms with Crippen molar-refractivity contribution in [2.75, 3.05) is 10.6 Å². The van der Waals surface area contributed by atoms with Gasteiger partial charge in [-0.2, -0.15) is 5.26 Å². The number of nitrogens with one attached hydrogen (secondary N) is 2. The van der Waals surface area contributed by atoms with Gasteiger partial charge in [0.15, 0.2) is 0 Å². The number of nitrogens with zero attached hydrogens (tertiary/aromatic N) is 2. The lowest BCUT2D eigenvalue weighted by molar-refractivity contribution is -0.116. The highest BCUT2D eigenvalue weighted by Gasteiger charge is 2.03. The fourth-order valence-electron chi connectivity index (χ4n) is 1.92. The number of carbonyl (C=O) groups excluding carboxylic acids is 1. The zero-order valence-electron chi connectivity index (χ0n) is 12.5. The van der Waals surface area contributed by atoms with Gasteiger partial charge in [0.25, 0.3) is 0 Å². The Bertz CT molecular complexity index is 674. The fraction of sp³-hybridized carbons (Fsp3) is 0.235. The summed E-state index contributed by atoms with van der Waals surface area (Å²) in [5.74, 6) is 0.522. The maximum Gasteiger partial charge on any atom is 0.225 e. The molecule has 5 heteroatoms. The van der Waals surface area contributed by atoms with E-state index in [1.165, 1.54) is 0 Å². The number of carbonyl (C=O) groups is 1. The molecule has 1 aromatic heterocycles. The molecule has 2 aromatic rings. The number of rotatable bonds is 6. The van der Waals surface area contributed by atoms with Gasteiger partial charge < -0.3 is 10.6 Å². The average Bonchev–Trinajstić information content (AvgIpc) is 2.55. The van der Waals surface area contributed by atoms with Gasteiger partial charge in [0, 0.05) is 12.1 Å². The van der Waals surface area contributed by atoms with E-state index >= 15 is 0 Å². The van der Waals surface area contributed by atoms with E-state index in [0.717, 1.165) is 24.2 Å². The molecule has 2 N–H and O–H groups in total. The number of benzene rings is 1. The highest BCUT2D eigenvalue weighted by Crippen LogP contribution is 2.18. The lowest BCUT2D eigenvalue weighted by Gasteiger charge is -2.08. The Morgan fingerprint density at radius 3 is 2.82 bits per heavy atom. The van der Waals surface area contributed by atoms with E-state index in [2.05, 4.69) is 21.7 Å². The number of pyridine rings is 1. The normalized spacial score (nSPS) is 9.82. The van der Waals surface area contributed by atoms with Crippen LogP contribution in [0.1, 0.15) is 31.7 Å². The Morgan fingerprint density at radius 1 is 1.27 bits per heavy atom. The first-order chi connectivity index (χ1) is 10.7. The van der Waals surface area contributed by atoms with Gasteiger partial charge >= 0.3 is 0 Å². The predicted molar refractivity (Wildman–Crippen MR) is 86.8 cm³/mol. The van der Waals surface area contributed by atoms with Crippen LogP contribution in [0.3, 0.4) is 0 Å². The molecule has 22 heavy (non-hydrogen) atoms. The van der Waals surface area contributed by atoms with Crippen molar-refractivity contribution in [3.05, 3.63) is 48.2 Å². The molecule has 0 bridgehead atoms. The standard InChI is InChI=1S/C17H18N4O/c1-2-3-7-17(22)21-16-9-8-15(12-19-16)20-14-6-4-5-13(10-14)11-18/h4-6,8-10,12,20H,2-3,7H2,1H3,(H,19,21,22). The SMILES string of the molecule is CCCCC(=O)Nc1ccc(Nc2cccc(C#N)c2)cn1.